The number of nitrogens with zero attached hydrogens (tertiary/aromatic N) is 2. The van der Waals surface area contributed by atoms with Gasteiger partial charge in [-0.3, -0.25) is 0 Å². The van der Waals surface area contributed by atoms with Gasteiger partial charge >= 0.3 is 5.97 Å². The highest BCUT2D eigenvalue weighted by atomic mass is 16.4. The first kappa shape index (κ1) is 14.6. The van der Waals surface area contributed by atoms with Crippen molar-refractivity contribution in [1.82, 2.24) is 9.55 Å². The Morgan fingerprint density at radius 1 is 1.40 bits per heavy atom. The topological polar surface area (TPSA) is 55.1 Å². The normalized spacial score (nSPS) is 12.8. The number of imidazole rings is 1. The average Bonchev–Trinajstić information content (AvgIpc) is 2.73. The van der Waals surface area contributed by atoms with Crippen molar-refractivity contribution in [2.75, 3.05) is 0 Å². The maximum atomic E-state index is 11.0. The smallest absolute Gasteiger partial charge is 0.335 e. The van der Waals surface area contributed by atoms with E-state index in [4.69, 9.17) is 5.11 Å². The summed E-state index contributed by atoms with van der Waals surface area (Å²) in [6.45, 7) is 6.39. The zero-order chi connectivity index (χ0) is 14.7. The molecule has 1 aromatic carbocycles. The minimum Gasteiger partial charge on any atom is -0.478 e. The van der Waals surface area contributed by atoms with Crippen LogP contribution in [-0.2, 0) is 0 Å². The van der Waals surface area contributed by atoms with E-state index >= 15 is 0 Å². The van der Waals surface area contributed by atoms with E-state index in [9.17, 15) is 4.79 Å². The van der Waals surface area contributed by atoms with E-state index in [1.54, 1.807) is 12.1 Å². The molecule has 0 aliphatic heterocycles. The molecule has 1 unspecified atom stereocenters. The minimum atomic E-state index is -0.907. The third-order valence-electron chi connectivity index (χ3n) is 3.78. The summed E-state index contributed by atoms with van der Waals surface area (Å²) in [5, 5.41) is 9.04. The second-order valence-electron chi connectivity index (χ2n) is 5.38. The summed E-state index contributed by atoms with van der Waals surface area (Å²) in [4.78, 5) is 15.5. The first-order valence-corrected chi connectivity index (χ1v) is 7.26. The minimum absolute atomic E-state index is 0.292. The van der Waals surface area contributed by atoms with Crippen LogP contribution in [0.4, 0.5) is 0 Å². The average molecular weight is 274 g/mol. The first-order valence-electron chi connectivity index (χ1n) is 7.26. The van der Waals surface area contributed by atoms with Crippen molar-refractivity contribution in [3.8, 4) is 0 Å². The van der Waals surface area contributed by atoms with Crippen molar-refractivity contribution in [3.63, 3.8) is 0 Å². The van der Waals surface area contributed by atoms with Crippen molar-refractivity contribution in [3.05, 3.63) is 29.6 Å². The molecule has 0 amide bonds. The molecule has 0 saturated carbocycles. The molecule has 1 atom stereocenters. The van der Waals surface area contributed by atoms with E-state index < -0.39 is 5.97 Å². The van der Waals surface area contributed by atoms with Gasteiger partial charge in [-0.2, -0.15) is 0 Å². The third-order valence-corrected chi connectivity index (χ3v) is 3.78. The summed E-state index contributed by atoms with van der Waals surface area (Å²) in [7, 11) is 0. The number of aromatic nitrogens is 2. The molecule has 0 fully saturated rings. The highest BCUT2D eigenvalue weighted by Crippen LogP contribution is 2.25. The van der Waals surface area contributed by atoms with Crippen LogP contribution < -0.4 is 0 Å². The number of fused-ring (bicyclic) bond motifs is 1. The molecule has 0 aliphatic carbocycles. The maximum Gasteiger partial charge on any atom is 0.335 e. The predicted molar refractivity (Wildman–Crippen MR) is 80.3 cm³/mol. The SMILES string of the molecule is CCCCCC(C)n1c(C)nc2cc(C(=O)O)ccc21. The summed E-state index contributed by atoms with van der Waals surface area (Å²) < 4.78 is 2.22. The summed E-state index contributed by atoms with van der Waals surface area (Å²) in [6, 6.07) is 5.57. The zero-order valence-electron chi connectivity index (χ0n) is 12.4. The molecule has 1 aromatic heterocycles. The van der Waals surface area contributed by atoms with Crippen LogP contribution >= 0.6 is 0 Å². The van der Waals surface area contributed by atoms with Gasteiger partial charge in [-0.05, 0) is 38.5 Å². The molecule has 2 aromatic rings. The number of unbranched alkanes of at least 4 members (excludes halogenated alkanes) is 2. The lowest BCUT2D eigenvalue weighted by Gasteiger charge is -2.16. The fraction of sp³-hybridized carbons (Fsp3) is 0.500. The molecular weight excluding hydrogens is 252 g/mol. The highest BCUT2D eigenvalue weighted by molar-refractivity contribution is 5.92. The number of aromatic carboxylic acids is 1. The zero-order valence-corrected chi connectivity index (χ0v) is 12.4. The molecule has 20 heavy (non-hydrogen) atoms. The summed E-state index contributed by atoms with van der Waals surface area (Å²) in [5.41, 5.74) is 2.09. The molecule has 1 heterocycles. The number of hydrogen-bond acceptors (Lipinski definition) is 2. The lowest BCUT2D eigenvalue weighted by Crippen LogP contribution is -2.07. The molecule has 0 spiro atoms. The van der Waals surface area contributed by atoms with Gasteiger partial charge in [0.15, 0.2) is 0 Å². The molecule has 0 saturated heterocycles. The Balaban J connectivity index is 2.33. The fourth-order valence-electron chi connectivity index (χ4n) is 2.73. The Morgan fingerprint density at radius 2 is 2.15 bits per heavy atom. The lowest BCUT2D eigenvalue weighted by atomic mass is 10.1. The maximum absolute atomic E-state index is 11.0. The van der Waals surface area contributed by atoms with E-state index in [0.29, 0.717) is 11.6 Å². The van der Waals surface area contributed by atoms with Crippen LogP contribution in [0.2, 0.25) is 0 Å². The number of rotatable bonds is 6. The summed E-state index contributed by atoms with van der Waals surface area (Å²) in [6.07, 6.45) is 4.81. The van der Waals surface area contributed by atoms with Crippen molar-refractivity contribution in [1.29, 1.82) is 0 Å². The van der Waals surface area contributed by atoms with Crippen molar-refractivity contribution >= 4 is 17.0 Å². The van der Waals surface area contributed by atoms with Gasteiger partial charge in [-0.1, -0.05) is 26.2 Å². The van der Waals surface area contributed by atoms with Crippen molar-refractivity contribution < 1.29 is 9.90 Å². The van der Waals surface area contributed by atoms with Gasteiger partial charge < -0.3 is 9.67 Å². The fourth-order valence-corrected chi connectivity index (χ4v) is 2.73. The molecular formula is C16H22N2O2. The van der Waals surface area contributed by atoms with E-state index in [1.807, 2.05) is 13.0 Å². The summed E-state index contributed by atoms with van der Waals surface area (Å²) in [5.74, 6) is 0.0432. The third kappa shape index (κ3) is 2.84. The lowest BCUT2D eigenvalue weighted by molar-refractivity contribution is 0.0697. The van der Waals surface area contributed by atoms with Crippen LogP contribution in [0, 0.1) is 6.92 Å². The van der Waals surface area contributed by atoms with E-state index in [2.05, 4.69) is 23.4 Å². The highest BCUT2D eigenvalue weighted by Gasteiger charge is 2.14. The Morgan fingerprint density at radius 3 is 2.80 bits per heavy atom. The Bertz CT molecular complexity index is 616. The molecule has 108 valence electrons. The molecule has 2 rings (SSSR count). The monoisotopic (exact) mass is 274 g/mol. The van der Waals surface area contributed by atoms with Gasteiger partial charge in [0.2, 0.25) is 0 Å². The number of carboxylic acids is 1. The van der Waals surface area contributed by atoms with Crippen LogP contribution in [0.1, 0.15) is 61.8 Å². The largest absolute Gasteiger partial charge is 0.478 e. The first-order chi connectivity index (χ1) is 9.54. The Hall–Kier alpha value is -1.84. The molecule has 0 aliphatic rings. The van der Waals surface area contributed by atoms with Crippen LogP contribution in [-0.4, -0.2) is 20.6 Å². The molecule has 4 nitrogen and oxygen atoms in total. The van der Waals surface area contributed by atoms with Crippen LogP contribution in [0.5, 0.6) is 0 Å². The van der Waals surface area contributed by atoms with Gasteiger partial charge in [0.1, 0.15) is 5.82 Å². The van der Waals surface area contributed by atoms with Gasteiger partial charge in [-0.15, -0.1) is 0 Å². The van der Waals surface area contributed by atoms with Gasteiger partial charge in [0.25, 0.3) is 0 Å². The van der Waals surface area contributed by atoms with Crippen molar-refractivity contribution in [2.24, 2.45) is 0 Å². The van der Waals surface area contributed by atoms with Crippen LogP contribution in [0.25, 0.3) is 11.0 Å². The second-order valence-corrected chi connectivity index (χ2v) is 5.38. The number of carboxylic acid groups (broad SMARTS) is 1. The van der Waals surface area contributed by atoms with Crippen molar-refractivity contribution in [2.45, 2.75) is 52.5 Å². The van der Waals surface area contributed by atoms with E-state index in [0.717, 1.165) is 23.3 Å². The number of benzene rings is 1. The van der Waals surface area contributed by atoms with E-state index in [-0.39, 0.29) is 0 Å². The Labute approximate surface area is 119 Å². The second kappa shape index (κ2) is 6.07. The number of hydrogen-bond donors (Lipinski definition) is 1. The number of aryl methyl sites for hydroxylation is 1. The predicted octanol–water partition coefficient (Wildman–Crippen LogP) is 4.18. The quantitative estimate of drug-likeness (QED) is 0.804. The van der Waals surface area contributed by atoms with Gasteiger partial charge in [0, 0.05) is 6.04 Å². The van der Waals surface area contributed by atoms with Crippen LogP contribution in [0.15, 0.2) is 18.2 Å². The van der Waals surface area contributed by atoms with Crippen LogP contribution in [0.3, 0.4) is 0 Å². The van der Waals surface area contributed by atoms with Gasteiger partial charge in [-0.25, -0.2) is 9.78 Å². The molecule has 0 radical (unpaired) electrons. The molecule has 0 bridgehead atoms. The molecule has 1 N–H and O–H groups in total. The standard InChI is InChI=1S/C16H22N2O2/c1-4-5-6-7-11(2)18-12(3)17-14-10-13(16(19)20)8-9-15(14)18/h8-11H,4-7H2,1-3H3,(H,19,20). The summed E-state index contributed by atoms with van der Waals surface area (Å²) >= 11 is 0. The Kier molecular flexibility index (Phi) is 4.42. The van der Waals surface area contributed by atoms with E-state index in [1.165, 1.54) is 19.3 Å². The number of carbonyl (C=O) groups is 1. The molecule has 4 heteroatoms. The van der Waals surface area contributed by atoms with Gasteiger partial charge in [0.05, 0.1) is 16.6 Å².